The molecule has 8 nitrogen and oxygen atoms in total. The van der Waals surface area contributed by atoms with Gasteiger partial charge in [-0.2, -0.15) is 13.2 Å². The maximum Gasteiger partial charge on any atom is 0.416 e. The van der Waals surface area contributed by atoms with Gasteiger partial charge in [-0.3, -0.25) is 9.78 Å². The van der Waals surface area contributed by atoms with Gasteiger partial charge in [-0.25, -0.2) is 15.0 Å². The number of carbonyl (C=O) groups is 1. The van der Waals surface area contributed by atoms with Crippen molar-refractivity contribution in [3.8, 4) is 16.9 Å². The van der Waals surface area contributed by atoms with Crippen molar-refractivity contribution in [2.24, 2.45) is 0 Å². The first-order valence-corrected chi connectivity index (χ1v) is 12.6. The van der Waals surface area contributed by atoms with Crippen LogP contribution in [0.3, 0.4) is 0 Å². The van der Waals surface area contributed by atoms with Gasteiger partial charge in [-0.15, -0.1) is 0 Å². The third-order valence-electron chi connectivity index (χ3n) is 5.71. The molecule has 5 aromatic rings. The van der Waals surface area contributed by atoms with E-state index in [-0.39, 0.29) is 16.9 Å². The zero-order valence-electron chi connectivity index (χ0n) is 20.2. The fourth-order valence-electron chi connectivity index (χ4n) is 3.75. The highest BCUT2D eigenvalue weighted by atomic mass is 127. The molecule has 1 amide bonds. The number of anilines is 3. The fraction of sp³-hybridized carbons (Fsp3) is 0.0741. The van der Waals surface area contributed by atoms with Gasteiger partial charge >= 0.3 is 6.18 Å². The molecule has 0 saturated carbocycles. The summed E-state index contributed by atoms with van der Waals surface area (Å²) < 4.78 is 42.9. The second-order valence-corrected chi connectivity index (χ2v) is 9.59. The van der Waals surface area contributed by atoms with Gasteiger partial charge in [-0.1, -0.05) is 6.07 Å². The smallest absolute Gasteiger partial charge is 0.324 e. The number of aryl methyl sites for hydroxylation is 1. The Kier molecular flexibility index (Phi) is 7.28. The molecule has 3 aromatic heterocycles. The minimum absolute atomic E-state index is 0.00359. The number of hydrogen-bond donors (Lipinski definition) is 2. The lowest BCUT2D eigenvalue weighted by Crippen LogP contribution is -2.14. The van der Waals surface area contributed by atoms with E-state index in [1.165, 1.54) is 17.0 Å². The van der Waals surface area contributed by atoms with E-state index in [1.54, 1.807) is 55.1 Å². The number of imidazole rings is 1. The van der Waals surface area contributed by atoms with Gasteiger partial charge in [0, 0.05) is 53.0 Å². The molecule has 2 aromatic carbocycles. The summed E-state index contributed by atoms with van der Waals surface area (Å²) in [5, 5.41) is 5.71. The lowest BCUT2D eigenvalue weighted by atomic mass is 10.1. The third-order valence-corrected chi connectivity index (χ3v) is 6.27. The second-order valence-electron chi connectivity index (χ2n) is 8.49. The van der Waals surface area contributed by atoms with Crippen LogP contribution >= 0.6 is 22.6 Å². The summed E-state index contributed by atoms with van der Waals surface area (Å²) in [4.78, 5) is 30.0. The highest BCUT2D eigenvalue weighted by Gasteiger charge is 2.31. The quantitative estimate of drug-likeness (QED) is 0.202. The molecule has 5 rings (SSSR count). The van der Waals surface area contributed by atoms with Crippen molar-refractivity contribution in [3.05, 3.63) is 106 Å². The number of hydrogen-bond acceptors (Lipinski definition) is 6. The number of rotatable bonds is 6. The van der Waals surface area contributed by atoms with Crippen molar-refractivity contribution in [2.45, 2.75) is 13.1 Å². The molecule has 0 aliphatic rings. The Labute approximate surface area is 234 Å². The summed E-state index contributed by atoms with van der Waals surface area (Å²) in [6.07, 6.45) is 3.36. The molecule has 2 N–H and O–H groups in total. The van der Waals surface area contributed by atoms with Gasteiger partial charge in [0.15, 0.2) is 0 Å². The van der Waals surface area contributed by atoms with Gasteiger partial charge in [-0.05, 0) is 83.6 Å². The first kappa shape index (κ1) is 26.3. The first-order chi connectivity index (χ1) is 18.7. The van der Waals surface area contributed by atoms with Crippen molar-refractivity contribution in [1.29, 1.82) is 0 Å². The summed E-state index contributed by atoms with van der Waals surface area (Å²) in [7, 11) is 0. The Morgan fingerprint density at radius 1 is 1.03 bits per heavy atom. The number of nitrogens with zero attached hydrogens (tertiary/aromatic N) is 5. The first-order valence-electron chi connectivity index (χ1n) is 11.5. The van der Waals surface area contributed by atoms with Crippen LogP contribution in [0.25, 0.3) is 16.9 Å². The van der Waals surface area contributed by atoms with Gasteiger partial charge < -0.3 is 15.2 Å². The molecule has 3 heterocycles. The average molecular weight is 641 g/mol. The molecule has 0 bridgehead atoms. The zero-order chi connectivity index (χ0) is 27.6. The normalized spacial score (nSPS) is 11.3. The van der Waals surface area contributed by atoms with Crippen molar-refractivity contribution in [3.63, 3.8) is 0 Å². The van der Waals surface area contributed by atoms with E-state index < -0.39 is 17.6 Å². The average Bonchev–Trinajstić information content (AvgIpc) is 3.36. The molecular weight excluding hydrogens is 622 g/mol. The van der Waals surface area contributed by atoms with Crippen molar-refractivity contribution in [1.82, 2.24) is 24.5 Å². The van der Waals surface area contributed by atoms with Crippen molar-refractivity contribution < 1.29 is 18.0 Å². The summed E-state index contributed by atoms with van der Waals surface area (Å²) in [5.74, 6) is -0.261. The molecule has 196 valence electrons. The van der Waals surface area contributed by atoms with E-state index in [4.69, 9.17) is 0 Å². The number of nitrogens with one attached hydrogen (secondary N) is 2. The van der Waals surface area contributed by atoms with E-state index >= 15 is 0 Å². The highest BCUT2D eigenvalue weighted by molar-refractivity contribution is 14.1. The predicted octanol–water partition coefficient (Wildman–Crippen LogP) is 6.65. The summed E-state index contributed by atoms with van der Waals surface area (Å²) in [5.41, 5.74) is 2.43. The van der Waals surface area contributed by atoms with Crippen LogP contribution in [0.1, 0.15) is 21.5 Å². The van der Waals surface area contributed by atoms with Crippen LogP contribution in [0.4, 0.5) is 30.5 Å². The SMILES string of the molecule is Cc1ccc(C(=O)Nc2cc(-n3cnc(I)c3)cc(C(F)(F)F)c2)cc1Nc1nccc(-c2cccnc2)n1. The Balaban J connectivity index is 1.41. The van der Waals surface area contributed by atoms with Crippen LogP contribution < -0.4 is 10.6 Å². The minimum Gasteiger partial charge on any atom is -0.324 e. The van der Waals surface area contributed by atoms with E-state index in [1.807, 2.05) is 35.6 Å². The highest BCUT2D eigenvalue weighted by Crippen LogP contribution is 2.33. The molecule has 0 aliphatic heterocycles. The van der Waals surface area contributed by atoms with Crippen molar-refractivity contribution >= 4 is 45.8 Å². The number of pyridine rings is 1. The number of benzene rings is 2. The lowest BCUT2D eigenvalue weighted by molar-refractivity contribution is -0.137. The van der Waals surface area contributed by atoms with Crippen LogP contribution in [-0.2, 0) is 6.18 Å². The van der Waals surface area contributed by atoms with Crippen LogP contribution in [0.2, 0.25) is 0 Å². The van der Waals surface area contributed by atoms with Crippen LogP contribution in [0, 0.1) is 10.6 Å². The van der Waals surface area contributed by atoms with Gasteiger partial charge in [0.1, 0.15) is 10.0 Å². The minimum atomic E-state index is -4.60. The number of carbonyl (C=O) groups excluding carboxylic acids is 1. The number of halogens is 4. The van der Waals surface area contributed by atoms with Crippen LogP contribution in [-0.4, -0.2) is 30.4 Å². The largest absolute Gasteiger partial charge is 0.416 e. The monoisotopic (exact) mass is 641 g/mol. The Bertz CT molecular complexity index is 1660. The number of aromatic nitrogens is 5. The molecule has 39 heavy (non-hydrogen) atoms. The summed E-state index contributed by atoms with van der Waals surface area (Å²) >= 11 is 1.96. The fourth-order valence-corrected chi connectivity index (χ4v) is 4.18. The van der Waals surface area contributed by atoms with Gasteiger partial charge in [0.25, 0.3) is 5.91 Å². The van der Waals surface area contributed by atoms with Crippen LogP contribution in [0.15, 0.2) is 85.7 Å². The van der Waals surface area contributed by atoms with Gasteiger partial charge in [0.05, 0.1) is 11.3 Å². The topological polar surface area (TPSA) is 97.6 Å². The molecule has 0 saturated heterocycles. The van der Waals surface area contributed by atoms with Crippen LogP contribution in [0.5, 0.6) is 0 Å². The van der Waals surface area contributed by atoms with Crippen molar-refractivity contribution in [2.75, 3.05) is 10.6 Å². The number of amides is 1. The van der Waals surface area contributed by atoms with E-state index in [9.17, 15) is 18.0 Å². The number of alkyl halides is 3. The molecule has 0 radical (unpaired) electrons. The van der Waals surface area contributed by atoms with E-state index in [0.717, 1.165) is 23.3 Å². The second kappa shape index (κ2) is 10.8. The summed E-state index contributed by atoms with van der Waals surface area (Å²) in [6.45, 7) is 1.85. The van der Waals surface area contributed by atoms with Gasteiger partial charge in [0.2, 0.25) is 5.95 Å². The molecule has 12 heteroatoms. The summed E-state index contributed by atoms with van der Waals surface area (Å²) in [6, 6.07) is 13.7. The lowest BCUT2D eigenvalue weighted by Gasteiger charge is -2.14. The Morgan fingerprint density at radius 3 is 2.59 bits per heavy atom. The predicted molar refractivity (Wildman–Crippen MR) is 149 cm³/mol. The molecular formula is C27H19F3IN7O. The van der Waals surface area contributed by atoms with E-state index in [0.29, 0.717) is 21.0 Å². The third kappa shape index (κ3) is 6.22. The molecule has 0 fully saturated rings. The standard InChI is InChI=1S/C27H19F3IN7O/c1-16-4-5-17(9-23(16)37-26-33-8-6-22(36-26)18-3-2-7-32-13-18)25(39)35-20-10-19(27(28,29)30)11-21(12-20)38-14-24(31)34-15-38/h2-15H,1H3,(H,35,39)(H,33,36,37). The molecule has 0 atom stereocenters. The maximum atomic E-state index is 13.6. The van der Waals surface area contributed by atoms with E-state index in [2.05, 4.69) is 30.6 Å². The maximum absolute atomic E-state index is 13.6. The Hall–Kier alpha value is -4.33. The zero-order valence-corrected chi connectivity index (χ0v) is 22.4. The Morgan fingerprint density at radius 2 is 1.87 bits per heavy atom. The molecule has 0 spiro atoms. The molecule has 0 unspecified atom stereocenters. The molecule has 0 aliphatic carbocycles.